The van der Waals surface area contributed by atoms with E-state index in [2.05, 4.69) is 39.0 Å². The number of carbonyl (C=O) groups excluding carboxylic acids is 1. The Balaban J connectivity index is 2.81. The highest BCUT2D eigenvalue weighted by atomic mass is 16.1. The van der Waals surface area contributed by atoms with Crippen molar-refractivity contribution in [2.24, 2.45) is 11.3 Å². The lowest BCUT2D eigenvalue weighted by Crippen LogP contribution is -2.10. The Bertz CT molecular complexity index is 307. The van der Waals surface area contributed by atoms with E-state index in [9.17, 15) is 4.79 Å². The number of allylic oxidation sites excluding steroid dienone is 4. The molecule has 0 fully saturated rings. The lowest BCUT2D eigenvalue weighted by atomic mass is 9.87. The zero-order valence-corrected chi connectivity index (χ0v) is 11.0. The predicted molar refractivity (Wildman–Crippen MR) is 69.3 cm³/mol. The maximum absolute atomic E-state index is 11.8. The third-order valence-electron chi connectivity index (χ3n) is 3.35. The van der Waals surface area contributed by atoms with E-state index < -0.39 is 0 Å². The second-order valence-corrected chi connectivity index (χ2v) is 5.75. The van der Waals surface area contributed by atoms with Crippen LogP contribution in [0, 0.1) is 11.3 Å². The molecular weight excluding hydrogens is 196 g/mol. The molecule has 0 aromatic rings. The molecule has 0 radical (unpaired) electrons. The topological polar surface area (TPSA) is 17.1 Å². The summed E-state index contributed by atoms with van der Waals surface area (Å²) in [5, 5.41) is 0. The molecule has 0 N–H and O–H groups in total. The van der Waals surface area contributed by atoms with Crippen LogP contribution in [0.25, 0.3) is 0 Å². The van der Waals surface area contributed by atoms with Gasteiger partial charge in [-0.3, -0.25) is 4.79 Å². The van der Waals surface area contributed by atoms with Gasteiger partial charge in [0.15, 0.2) is 0 Å². The van der Waals surface area contributed by atoms with Crippen LogP contribution in [-0.4, -0.2) is 5.78 Å². The van der Waals surface area contributed by atoms with Gasteiger partial charge >= 0.3 is 0 Å². The van der Waals surface area contributed by atoms with Crippen LogP contribution in [0.2, 0.25) is 0 Å². The van der Waals surface area contributed by atoms with Crippen molar-refractivity contribution in [2.75, 3.05) is 0 Å². The van der Waals surface area contributed by atoms with Crippen molar-refractivity contribution in [1.82, 2.24) is 0 Å². The second-order valence-electron chi connectivity index (χ2n) is 5.75. The van der Waals surface area contributed by atoms with Crippen molar-refractivity contribution in [3.63, 3.8) is 0 Å². The van der Waals surface area contributed by atoms with Crippen molar-refractivity contribution < 1.29 is 4.79 Å². The first-order valence-electron chi connectivity index (χ1n) is 6.27. The highest BCUT2D eigenvalue weighted by Crippen LogP contribution is 2.26. The van der Waals surface area contributed by atoms with E-state index >= 15 is 0 Å². The summed E-state index contributed by atoms with van der Waals surface area (Å²) >= 11 is 0. The lowest BCUT2D eigenvalue weighted by molar-refractivity contribution is -0.122. The van der Waals surface area contributed by atoms with Gasteiger partial charge in [0.2, 0.25) is 0 Å². The summed E-state index contributed by atoms with van der Waals surface area (Å²) < 4.78 is 0. The van der Waals surface area contributed by atoms with Gasteiger partial charge in [0, 0.05) is 12.3 Å². The molecule has 0 saturated heterocycles. The Hall–Kier alpha value is -0.850. The average molecular weight is 220 g/mol. The third kappa shape index (κ3) is 4.34. The first kappa shape index (κ1) is 13.2. The molecule has 1 aliphatic carbocycles. The summed E-state index contributed by atoms with van der Waals surface area (Å²) in [6.45, 7) is 8.67. The highest BCUT2D eigenvalue weighted by molar-refractivity contribution is 5.81. The van der Waals surface area contributed by atoms with Crippen LogP contribution in [0.5, 0.6) is 0 Å². The van der Waals surface area contributed by atoms with E-state index in [1.54, 1.807) is 0 Å². The first-order valence-corrected chi connectivity index (χ1v) is 6.27. The summed E-state index contributed by atoms with van der Waals surface area (Å²) in [6, 6.07) is 0. The molecule has 1 heteroatoms. The molecule has 90 valence electrons. The minimum absolute atomic E-state index is 0.179. The van der Waals surface area contributed by atoms with E-state index in [0.29, 0.717) is 12.2 Å². The fourth-order valence-electron chi connectivity index (χ4n) is 1.90. The Labute approximate surface area is 99.6 Å². The number of rotatable bonds is 0. The van der Waals surface area contributed by atoms with Crippen LogP contribution < -0.4 is 0 Å². The molecule has 0 aromatic heterocycles. The summed E-state index contributed by atoms with van der Waals surface area (Å²) in [5.74, 6) is 0.579. The van der Waals surface area contributed by atoms with Gasteiger partial charge in [-0.25, -0.2) is 0 Å². The fraction of sp³-hybridized carbons (Fsp3) is 0.667. The smallest absolute Gasteiger partial charge is 0.136 e. The standard InChI is InChI=1S/C15H24O/c1-12-7-8-14(16)13(2)6-5-10-15(3,4)11-9-12/h5,9-10,13H,6-8,11H2,1-4H3/b10-5-,12-9-. The van der Waals surface area contributed by atoms with E-state index in [-0.39, 0.29) is 11.3 Å². The molecule has 1 nitrogen and oxygen atoms in total. The fourth-order valence-corrected chi connectivity index (χ4v) is 1.90. The molecule has 0 aromatic carbocycles. The highest BCUT2D eigenvalue weighted by Gasteiger charge is 2.16. The molecule has 16 heavy (non-hydrogen) atoms. The van der Waals surface area contributed by atoms with Crippen LogP contribution >= 0.6 is 0 Å². The molecule has 0 spiro atoms. The summed E-state index contributed by atoms with van der Waals surface area (Å²) in [4.78, 5) is 11.8. The van der Waals surface area contributed by atoms with Crippen LogP contribution in [0.15, 0.2) is 23.8 Å². The predicted octanol–water partition coefficient (Wildman–Crippen LogP) is 4.29. The Morgan fingerprint density at radius 3 is 2.69 bits per heavy atom. The molecular formula is C15H24O. The van der Waals surface area contributed by atoms with Crippen molar-refractivity contribution >= 4 is 5.78 Å². The van der Waals surface area contributed by atoms with Crippen molar-refractivity contribution in [1.29, 1.82) is 0 Å². The number of ketones is 1. The lowest BCUT2D eigenvalue weighted by Gasteiger charge is -2.18. The van der Waals surface area contributed by atoms with E-state index in [4.69, 9.17) is 0 Å². The van der Waals surface area contributed by atoms with Crippen LogP contribution in [0.1, 0.15) is 53.4 Å². The van der Waals surface area contributed by atoms with Crippen molar-refractivity contribution in [3.05, 3.63) is 23.8 Å². The van der Waals surface area contributed by atoms with Gasteiger partial charge in [0.05, 0.1) is 0 Å². The van der Waals surface area contributed by atoms with Crippen LogP contribution in [0.3, 0.4) is 0 Å². The summed E-state index contributed by atoms with van der Waals surface area (Å²) in [6.07, 6.45) is 10.3. The zero-order chi connectivity index (χ0) is 12.2. The molecule has 1 aliphatic rings. The minimum atomic E-state index is 0.179. The number of Topliss-reactive ketones (excluding diaryl/α,β-unsaturated/α-hetero) is 1. The Kier molecular flexibility index (Phi) is 4.52. The molecule has 0 saturated carbocycles. The monoisotopic (exact) mass is 220 g/mol. The zero-order valence-electron chi connectivity index (χ0n) is 11.0. The number of hydrogen-bond acceptors (Lipinski definition) is 1. The maximum atomic E-state index is 11.8. The molecule has 0 aliphatic heterocycles. The van der Waals surface area contributed by atoms with E-state index in [1.165, 1.54) is 5.57 Å². The van der Waals surface area contributed by atoms with Gasteiger partial charge in [0.1, 0.15) is 5.78 Å². The third-order valence-corrected chi connectivity index (χ3v) is 3.35. The second kappa shape index (κ2) is 5.47. The summed E-state index contributed by atoms with van der Waals surface area (Å²) in [7, 11) is 0. The molecule has 1 atom stereocenters. The number of carbonyl (C=O) groups is 1. The van der Waals surface area contributed by atoms with Gasteiger partial charge in [-0.2, -0.15) is 0 Å². The Morgan fingerprint density at radius 2 is 2.00 bits per heavy atom. The minimum Gasteiger partial charge on any atom is -0.299 e. The van der Waals surface area contributed by atoms with Crippen LogP contribution in [-0.2, 0) is 4.79 Å². The van der Waals surface area contributed by atoms with E-state index in [0.717, 1.165) is 19.3 Å². The van der Waals surface area contributed by atoms with Crippen LogP contribution in [0.4, 0.5) is 0 Å². The molecule has 0 heterocycles. The maximum Gasteiger partial charge on any atom is 0.136 e. The van der Waals surface area contributed by atoms with Gasteiger partial charge in [0.25, 0.3) is 0 Å². The first-order chi connectivity index (χ1) is 7.41. The van der Waals surface area contributed by atoms with E-state index in [1.807, 2.05) is 6.92 Å². The largest absolute Gasteiger partial charge is 0.299 e. The molecule has 1 rings (SSSR count). The molecule has 1 unspecified atom stereocenters. The van der Waals surface area contributed by atoms with Gasteiger partial charge < -0.3 is 0 Å². The van der Waals surface area contributed by atoms with Crippen molar-refractivity contribution in [3.8, 4) is 0 Å². The number of hydrogen-bond donors (Lipinski definition) is 0. The van der Waals surface area contributed by atoms with Gasteiger partial charge in [-0.05, 0) is 31.6 Å². The average Bonchev–Trinajstić information content (AvgIpc) is 2.23. The normalized spacial score (nSPS) is 32.4. The SMILES string of the molecule is C/C1=C/CC(C)(C)/C=C\CC(C)C(=O)CC1. The quantitative estimate of drug-likeness (QED) is 0.556. The van der Waals surface area contributed by atoms with Gasteiger partial charge in [-0.15, -0.1) is 0 Å². The molecule has 0 amide bonds. The van der Waals surface area contributed by atoms with Crippen molar-refractivity contribution in [2.45, 2.75) is 53.4 Å². The molecule has 0 bridgehead atoms. The summed E-state index contributed by atoms with van der Waals surface area (Å²) in [5.41, 5.74) is 1.57. The van der Waals surface area contributed by atoms with Gasteiger partial charge in [-0.1, -0.05) is 44.6 Å². The Morgan fingerprint density at radius 1 is 1.31 bits per heavy atom.